The molecule has 0 bridgehead atoms. The van der Waals surface area contributed by atoms with Crippen LogP contribution < -0.4 is 0 Å². The van der Waals surface area contributed by atoms with E-state index in [1.54, 1.807) is 4.68 Å². The van der Waals surface area contributed by atoms with E-state index >= 15 is 0 Å². The molecular weight excluding hydrogens is 461 g/mol. The second-order valence-electron chi connectivity index (χ2n) is 9.10. The van der Waals surface area contributed by atoms with Crippen LogP contribution in [0.3, 0.4) is 0 Å². The fourth-order valence-electron chi connectivity index (χ4n) is 4.76. The Morgan fingerprint density at radius 2 is 1.65 bits per heavy atom. The first-order valence-electron chi connectivity index (χ1n) is 11.1. The molecule has 1 aromatic rings. The highest BCUT2D eigenvalue weighted by atomic mass is 19.4. The number of hydrogen-bond acceptors (Lipinski definition) is 7. The zero-order valence-electron chi connectivity index (χ0n) is 18.6. The number of halogens is 3. The van der Waals surface area contributed by atoms with Gasteiger partial charge in [0.1, 0.15) is 12.2 Å². The number of alkyl halides is 3. The first-order chi connectivity index (χ1) is 16.1. The van der Waals surface area contributed by atoms with Crippen LogP contribution in [0, 0.1) is 23.7 Å². The highest BCUT2D eigenvalue weighted by Crippen LogP contribution is 2.51. The fraction of sp³-hybridized carbons (Fsp3) is 0.750. The molecule has 2 saturated heterocycles. The Balaban J connectivity index is 0.000000344. The summed E-state index contributed by atoms with van der Waals surface area (Å²) >= 11 is 0. The van der Waals surface area contributed by atoms with E-state index in [0.29, 0.717) is 44.7 Å². The maximum atomic E-state index is 13.2. The monoisotopic (exact) mass is 488 g/mol. The molecular formula is C20H27F3N6O5. The minimum atomic E-state index is -5.08. The smallest absolute Gasteiger partial charge is 0.475 e. The predicted octanol–water partition coefficient (Wildman–Crippen LogP) is -0.464. The molecule has 188 valence electrons. The van der Waals surface area contributed by atoms with E-state index in [-0.39, 0.29) is 23.7 Å². The molecule has 5 rings (SSSR count). The van der Waals surface area contributed by atoms with Crippen molar-refractivity contribution >= 4 is 17.8 Å². The minimum Gasteiger partial charge on any atom is -0.475 e. The van der Waals surface area contributed by atoms with Crippen LogP contribution in [0.5, 0.6) is 0 Å². The number of piperazine rings is 1. The average molecular weight is 488 g/mol. The first-order valence-corrected chi connectivity index (χ1v) is 11.1. The van der Waals surface area contributed by atoms with E-state index in [1.165, 1.54) is 6.33 Å². The van der Waals surface area contributed by atoms with Gasteiger partial charge < -0.3 is 24.5 Å². The van der Waals surface area contributed by atoms with Crippen molar-refractivity contribution in [2.75, 3.05) is 53.0 Å². The Morgan fingerprint density at radius 3 is 2.24 bits per heavy atom. The highest BCUT2D eigenvalue weighted by Gasteiger charge is 2.59. The number of amides is 2. The zero-order valence-corrected chi connectivity index (χ0v) is 18.6. The molecule has 3 aliphatic heterocycles. The van der Waals surface area contributed by atoms with E-state index in [2.05, 4.69) is 22.0 Å². The van der Waals surface area contributed by atoms with Crippen molar-refractivity contribution in [3.8, 4) is 0 Å². The van der Waals surface area contributed by atoms with Gasteiger partial charge in [-0.2, -0.15) is 18.3 Å². The highest BCUT2D eigenvalue weighted by molar-refractivity contribution is 5.84. The van der Waals surface area contributed by atoms with Gasteiger partial charge in [0.15, 0.2) is 0 Å². The third-order valence-corrected chi connectivity index (χ3v) is 6.82. The molecule has 4 atom stereocenters. The second kappa shape index (κ2) is 9.49. The molecule has 3 fully saturated rings. The van der Waals surface area contributed by atoms with Gasteiger partial charge in [0, 0.05) is 38.6 Å². The lowest BCUT2D eigenvalue weighted by molar-refractivity contribution is -0.192. The lowest BCUT2D eigenvalue weighted by Crippen LogP contribution is -2.51. The number of carbonyl (C=O) groups excluding carboxylic acids is 2. The molecule has 2 amide bonds. The Bertz CT molecular complexity index is 922. The minimum absolute atomic E-state index is 0.0626. The van der Waals surface area contributed by atoms with E-state index in [1.807, 2.05) is 9.80 Å². The van der Waals surface area contributed by atoms with Gasteiger partial charge in [-0.25, -0.2) is 14.5 Å². The number of fused-ring (bicyclic) bond motifs is 2. The van der Waals surface area contributed by atoms with Crippen LogP contribution in [-0.4, -0.2) is 112 Å². The largest absolute Gasteiger partial charge is 0.490 e. The van der Waals surface area contributed by atoms with Crippen molar-refractivity contribution in [3.05, 3.63) is 12.2 Å². The number of aromatic nitrogens is 3. The molecule has 4 aliphatic rings. The van der Waals surface area contributed by atoms with Gasteiger partial charge in [-0.3, -0.25) is 9.59 Å². The van der Waals surface area contributed by atoms with Crippen LogP contribution in [0.15, 0.2) is 6.33 Å². The number of likely N-dealkylation sites (N-methyl/N-ethyl adjacent to an activating group) is 1. The predicted molar refractivity (Wildman–Crippen MR) is 108 cm³/mol. The summed E-state index contributed by atoms with van der Waals surface area (Å²) in [5.74, 6) is -1.19. The summed E-state index contributed by atoms with van der Waals surface area (Å²) < 4.78 is 39.0. The standard InChI is InChI=1S/C18H26N6O3.C2HF3O2/c1-21-2-4-22(5-3-21)17(25)12-6-23(8-15-19-11-20-24(15)7-12)18(26)16-13-9-27-10-14(13)16;3-2(4,5)1(6)7/h11-14,16H,2-10H2,1H3;(H,6,7)/t12?,13-,14+,16?;. The quantitative estimate of drug-likeness (QED) is 0.594. The van der Waals surface area contributed by atoms with Gasteiger partial charge >= 0.3 is 12.1 Å². The van der Waals surface area contributed by atoms with E-state index in [0.717, 1.165) is 32.0 Å². The molecule has 2 unspecified atom stereocenters. The van der Waals surface area contributed by atoms with Gasteiger partial charge in [0.05, 0.1) is 32.2 Å². The molecule has 14 heteroatoms. The first kappa shape index (κ1) is 24.4. The summed E-state index contributed by atoms with van der Waals surface area (Å²) in [6.07, 6.45) is -3.57. The normalized spacial score (nSPS) is 28.8. The molecule has 0 aromatic carbocycles. The summed E-state index contributed by atoms with van der Waals surface area (Å²) in [6, 6.07) is 0. The molecule has 4 heterocycles. The number of nitrogens with zero attached hydrogens (tertiary/aromatic N) is 6. The summed E-state index contributed by atoms with van der Waals surface area (Å²) in [7, 11) is 2.08. The number of aliphatic carboxylic acids is 1. The van der Waals surface area contributed by atoms with E-state index in [4.69, 9.17) is 14.6 Å². The number of rotatable bonds is 2. The van der Waals surface area contributed by atoms with Crippen LogP contribution in [-0.2, 0) is 32.2 Å². The SMILES string of the molecule is CN1CCN(C(=O)C2CN(C(=O)C3[C@H]4COC[C@@H]34)Cc3ncnn3C2)CC1.O=C(O)C(F)(F)F. The molecule has 1 aliphatic carbocycles. The summed E-state index contributed by atoms with van der Waals surface area (Å²) in [5, 5.41) is 11.4. The van der Waals surface area contributed by atoms with Crippen molar-refractivity contribution < 1.29 is 37.4 Å². The number of ether oxygens (including phenoxy) is 1. The molecule has 1 saturated carbocycles. The molecule has 0 radical (unpaired) electrons. The average Bonchev–Trinajstić information content (AvgIpc) is 3.07. The van der Waals surface area contributed by atoms with Gasteiger partial charge in [-0.1, -0.05) is 0 Å². The topological polar surface area (TPSA) is 121 Å². The number of hydrogen-bond donors (Lipinski definition) is 1. The lowest BCUT2D eigenvalue weighted by Gasteiger charge is -2.35. The van der Waals surface area contributed by atoms with Crippen LogP contribution in [0.25, 0.3) is 0 Å². The molecule has 34 heavy (non-hydrogen) atoms. The summed E-state index contributed by atoms with van der Waals surface area (Å²) in [5.41, 5.74) is 0. The number of carboxylic acid groups (broad SMARTS) is 1. The number of carboxylic acids is 1. The van der Waals surface area contributed by atoms with Gasteiger partial charge in [-0.15, -0.1) is 0 Å². The van der Waals surface area contributed by atoms with Crippen molar-refractivity contribution in [2.24, 2.45) is 23.7 Å². The van der Waals surface area contributed by atoms with E-state index in [9.17, 15) is 22.8 Å². The molecule has 0 spiro atoms. The van der Waals surface area contributed by atoms with Crippen molar-refractivity contribution in [2.45, 2.75) is 19.3 Å². The van der Waals surface area contributed by atoms with Gasteiger partial charge in [-0.05, 0) is 18.9 Å². The lowest BCUT2D eigenvalue weighted by atomic mass is 10.1. The van der Waals surface area contributed by atoms with Crippen molar-refractivity contribution in [1.82, 2.24) is 29.5 Å². The third kappa shape index (κ3) is 5.17. The maximum Gasteiger partial charge on any atom is 0.490 e. The fourth-order valence-corrected chi connectivity index (χ4v) is 4.76. The Labute approximate surface area is 193 Å². The maximum absolute atomic E-state index is 13.2. The Hall–Kier alpha value is -2.74. The third-order valence-electron chi connectivity index (χ3n) is 6.82. The van der Waals surface area contributed by atoms with Crippen LogP contribution >= 0.6 is 0 Å². The molecule has 1 N–H and O–H groups in total. The van der Waals surface area contributed by atoms with E-state index < -0.39 is 12.1 Å². The van der Waals surface area contributed by atoms with Gasteiger partial charge in [0.2, 0.25) is 11.8 Å². The van der Waals surface area contributed by atoms with Crippen LogP contribution in [0.2, 0.25) is 0 Å². The molecule has 11 nitrogen and oxygen atoms in total. The Morgan fingerprint density at radius 1 is 1.03 bits per heavy atom. The van der Waals surface area contributed by atoms with Gasteiger partial charge in [0.25, 0.3) is 0 Å². The molecule has 1 aromatic heterocycles. The van der Waals surface area contributed by atoms with Crippen molar-refractivity contribution in [1.29, 1.82) is 0 Å². The summed E-state index contributed by atoms with van der Waals surface area (Å²) in [6.45, 7) is 6.02. The van der Waals surface area contributed by atoms with Crippen LogP contribution in [0.4, 0.5) is 13.2 Å². The Kier molecular flexibility index (Phi) is 6.80. The number of carbonyl (C=O) groups is 3. The van der Waals surface area contributed by atoms with Crippen LogP contribution in [0.1, 0.15) is 5.82 Å². The zero-order chi connectivity index (χ0) is 24.6. The van der Waals surface area contributed by atoms with Crippen molar-refractivity contribution in [3.63, 3.8) is 0 Å². The second-order valence-corrected chi connectivity index (χ2v) is 9.10. The summed E-state index contributed by atoms with van der Waals surface area (Å²) in [4.78, 5) is 45.5.